The van der Waals surface area contributed by atoms with Crippen molar-refractivity contribution in [2.24, 2.45) is 0 Å². The smallest absolute Gasteiger partial charge is 0.232 e. The first-order valence-corrected chi connectivity index (χ1v) is 8.19. The first kappa shape index (κ1) is 12.7. The molecular weight excluding hydrogens is 260 g/mol. The zero-order valence-electron chi connectivity index (χ0n) is 9.49. The van der Waals surface area contributed by atoms with Gasteiger partial charge in [0.15, 0.2) is 0 Å². The normalized spacial score (nSPS) is 14.6. The molecule has 1 aromatic carbocycles. The number of halogens is 1. The van der Waals surface area contributed by atoms with Gasteiger partial charge in [-0.3, -0.25) is 0 Å². The lowest BCUT2D eigenvalue weighted by Gasteiger charge is -2.07. The molecule has 1 aliphatic rings. The Hall–Kier alpha value is -0.740. The van der Waals surface area contributed by atoms with Crippen molar-refractivity contribution in [2.75, 3.05) is 12.4 Å². The minimum atomic E-state index is -3.40. The van der Waals surface area contributed by atoms with E-state index in [1.807, 2.05) is 6.07 Å². The molecule has 0 radical (unpaired) electrons. The van der Waals surface area contributed by atoms with Crippen LogP contribution in [0.15, 0.2) is 18.2 Å². The molecule has 0 aromatic heterocycles. The van der Waals surface area contributed by atoms with Gasteiger partial charge in [-0.2, -0.15) is 0 Å². The molecule has 0 spiro atoms. The third kappa shape index (κ3) is 3.89. The predicted octanol–water partition coefficient (Wildman–Crippen LogP) is 2.51. The maximum absolute atomic E-state index is 10.7. The van der Waals surface area contributed by atoms with Crippen LogP contribution in [0.4, 0.5) is 0 Å². The lowest BCUT2D eigenvalue weighted by atomic mass is 10.1. The molecule has 0 heterocycles. The number of hydrogen-bond donors (Lipinski definition) is 0. The van der Waals surface area contributed by atoms with Gasteiger partial charge in [-0.1, -0.05) is 6.07 Å². The summed E-state index contributed by atoms with van der Waals surface area (Å²) in [5, 5.41) is 0. The summed E-state index contributed by atoms with van der Waals surface area (Å²) in [6.45, 7) is 0.380. The molecule has 0 saturated heterocycles. The first-order valence-electron chi connectivity index (χ1n) is 5.71. The molecule has 1 aliphatic carbocycles. The summed E-state index contributed by atoms with van der Waals surface area (Å²) in [5.41, 5.74) is 2.76. The molecule has 0 N–H and O–H groups in total. The van der Waals surface area contributed by atoms with E-state index in [4.69, 9.17) is 15.4 Å². The van der Waals surface area contributed by atoms with Crippen LogP contribution in [0.25, 0.3) is 0 Å². The highest BCUT2D eigenvalue weighted by Crippen LogP contribution is 2.26. The van der Waals surface area contributed by atoms with Gasteiger partial charge in [0.1, 0.15) is 5.75 Å². The molecule has 1 aromatic rings. The Morgan fingerprint density at radius 2 is 2.00 bits per heavy atom. The van der Waals surface area contributed by atoms with Gasteiger partial charge in [-0.25, -0.2) is 8.42 Å². The topological polar surface area (TPSA) is 43.4 Å². The molecule has 0 bridgehead atoms. The molecule has 94 valence electrons. The highest BCUT2D eigenvalue weighted by Gasteiger charge is 2.11. The maximum Gasteiger partial charge on any atom is 0.232 e. The van der Waals surface area contributed by atoms with Gasteiger partial charge in [-0.15, -0.1) is 0 Å². The van der Waals surface area contributed by atoms with Crippen molar-refractivity contribution in [3.8, 4) is 5.75 Å². The van der Waals surface area contributed by atoms with Crippen molar-refractivity contribution in [3.05, 3.63) is 29.3 Å². The molecule has 0 unspecified atom stereocenters. The van der Waals surface area contributed by atoms with Crippen LogP contribution < -0.4 is 4.74 Å². The highest BCUT2D eigenvalue weighted by atomic mass is 35.7. The quantitative estimate of drug-likeness (QED) is 0.612. The van der Waals surface area contributed by atoms with Crippen molar-refractivity contribution in [2.45, 2.75) is 25.7 Å². The molecule has 3 nitrogen and oxygen atoms in total. The van der Waals surface area contributed by atoms with E-state index in [1.54, 1.807) is 0 Å². The summed E-state index contributed by atoms with van der Waals surface area (Å²) >= 11 is 0. The van der Waals surface area contributed by atoms with E-state index in [2.05, 4.69) is 12.1 Å². The number of rotatable bonds is 5. The van der Waals surface area contributed by atoms with E-state index < -0.39 is 9.05 Å². The van der Waals surface area contributed by atoms with E-state index in [0.717, 1.165) is 18.6 Å². The zero-order chi connectivity index (χ0) is 12.3. The molecule has 0 amide bonds. The summed E-state index contributed by atoms with van der Waals surface area (Å²) in [6.07, 6.45) is 3.90. The van der Waals surface area contributed by atoms with E-state index in [1.165, 1.54) is 17.5 Å². The Bertz CT molecular complexity index is 496. The van der Waals surface area contributed by atoms with Gasteiger partial charge in [-0.05, 0) is 48.9 Å². The minimum absolute atomic E-state index is 0.0422. The highest BCUT2D eigenvalue weighted by molar-refractivity contribution is 8.13. The minimum Gasteiger partial charge on any atom is -0.494 e. The molecule has 0 atom stereocenters. The number of benzene rings is 1. The van der Waals surface area contributed by atoms with Crippen molar-refractivity contribution < 1.29 is 13.2 Å². The van der Waals surface area contributed by atoms with Crippen LogP contribution in [0.3, 0.4) is 0 Å². The van der Waals surface area contributed by atoms with Crippen LogP contribution in [-0.2, 0) is 21.9 Å². The van der Waals surface area contributed by atoms with Crippen LogP contribution in [-0.4, -0.2) is 20.8 Å². The van der Waals surface area contributed by atoms with Gasteiger partial charge in [0, 0.05) is 10.7 Å². The number of fused-ring (bicyclic) bond motifs is 1. The van der Waals surface area contributed by atoms with E-state index in [-0.39, 0.29) is 5.75 Å². The van der Waals surface area contributed by atoms with E-state index in [0.29, 0.717) is 13.0 Å². The number of aryl methyl sites for hydroxylation is 2. The molecule has 0 fully saturated rings. The Morgan fingerprint density at radius 3 is 2.76 bits per heavy atom. The molecule has 0 saturated carbocycles. The third-order valence-corrected chi connectivity index (χ3v) is 4.11. The fourth-order valence-corrected chi connectivity index (χ4v) is 2.85. The molecule has 2 rings (SSSR count). The Kier molecular flexibility index (Phi) is 3.94. The Morgan fingerprint density at radius 1 is 1.24 bits per heavy atom. The summed E-state index contributed by atoms with van der Waals surface area (Å²) in [4.78, 5) is 0. The number of hydrogen-bond acceptors (Lipinski definition) is 3. The van der Waals surface area contributed by atoms with Crippen LogP contribution >= 0.6 is 10.7 Å². The zero-order valence-corrected chi connectivity index (χ0v) is 11.1. The molecule has 17 heavy (non-hydrogen) atoms. The lowest BCUT2D eigenvalue weighted by molar-refractivity contribution is 0.317. The average molecular weight is 275 g/mol. The monoisotopic (exact) mass is 274 g/mol. The fraction of sp³-hybridized carbons (Fsp3) is 0.500. The molecule has 5 heteroatoms. The van der Waals surface area contributed by atoms with Gasteiger partial charge < -0.3 is 4.74 Å². The molecular formula is C12H15ClO3S. The standard InChI is InChI=1S/C12H15ClO3S/c13-17(14,15)8-2-7-16-12-6-5-10-3-1-4-11(10)9-12/h5-6,9H,1-4,7-8H2. The molecule has 0 aliphatic heterocycles. The summed E-state index contributed by atoms with van der Waals surface area (Å²) in [5.74, 6) is 0.775. The SMILES string of the molecule is O=S(=O)(Cl)CCCOc1ccc2c(c1)CCC2. The number of ether oxygens (including phenoxy) is 1. The van der Waals surface area contributed by atoms with Crippen molar-refractivity contribution in [1.29, 1.82) is 0 Å². The van der Waals surface area contributed by atoms with Crippen LogP contribution in [0.2, 0.25) is 0 Å². The van der Waals surface area contributed by atoms with Gasteiger partial charge >= 0.3 is 0 Å². The van der Waals surface area contributed by atoms with Gasteiger partial charge in [0.2, 0.25) is 9.05 Å². The van der Waals surface area contributed by atoms with Crippen LogP contribution in [0.1, 0.15) is 24.0 Å². The largest absolute Gasteiger partial charge is 0.494 e. The van der Waals surface area contributed by atoms with Crippen molar-refractivity contribution >= 4 is 19.7 Å². The van der Waals surface area contributed by atoms with Gasteiger partial charge in [0.05, 0.1) is 12.4 Å². The Balaban J connectivity index is 1.84. The third-order valence-electron chi connectivity index (χ3n) is 2.87. The van der Waals surface area contributed by atoms with E-state index in [9.17, 15) is 8.42 Å². The van der Waals surface area contributed by atoms with Crippen molar-refractivity contribution in [3.63, 3.8) is 0 Å². The Labute approximate surface area is 106 Å². The average Bonchev–Trinajstić information content (AvgIpc) is 2.70. The summed E-state index contributed by atoms with van der Waals surface area (Å²) in [7, 11) is 1.71. The summed E-state index contributed by atoms with van der Waals surface area (Å²) in [6, 6.07) is 6.09. The maximum atomic E-state index is 10.7. The summed E-state index contributed by atoms with van der Waals surface area (Å²) < 4.78 is 26.9. The first-order chi connectivity index (χ1) is 8.04. The second kappa shape index (κ2) is 5.27. The predicted molar refractivity (Wildman–Crippen MR) is 68.2 cm³/mol. The van der Waals surface area contributed by atoms with Crippen molar-refractivity contribution in [1.82, 2.24) is 0 Å². The second-order valence-corrected chi connectivity index (χ2v) is 7.13. The second-order valence-electron chi connectivity index (χ2n) is 4.23. The van der Waals surface area contributed by atoms with Crippen LogP contribution in [0.5, 0.6) is 5.75 Å². The van der Waals surface area contributed by atoms with Crippen LogP contribution in [0, 0.1) is 0 Å². The fourth-order valence-electron chi connectivity index (χ4n) is 2.06. The lowest BCUT2D eigenvalue weighted by Crippen LogP contribution is -2.05. The van der Waals surface area contributed by atoms with E-state index >= 15 is 0 Å². The van der Waals surface area contributed by atoms with Gasteiger partial charge in [0.25, 0.3) is 0 Å².